The second-order valence-electron chi connectivity index (χ2n) is 10.8. The number of ketones is 1. The Morgan fingerprint density at radius 3 is 2.48 bits per heavy atom. The van der Waals surface area contributed by atoms with Gasteiger partial charge in [-0.25, -0.2) is 0 Å². The fourth-order valence-corrected chi connectivity index (χ4v) is 7.71. The van der Waals surface area contributed by atoms with Crippen LogP contribution in [0.1, 0.15) is 31.4 Å². The van der Waals surface area contributed by atoms with E-state index in [4.69, 9.17) is 0 Å². The number of aliphatic hydroxyl groups is 1. The van der Waals surface area contributed by atoms with Crippen molar-refractivity contribution in [1.82, 2.24) is 0 Å². The van der Waals surface area contributed by atoms with Gasteiger partial charge in [0.2, 0.25) is 0 Å². The molecule has 0 fully saturated rings. The molecule has 1 amide bonds. The van der Waals surface area contributed by atoms with E-state index in [0.29, 0.717) is 15.9 Å². The minimum Gasteiger partial charge on any atom is -0.511 e. The van der Waals surface area contributed by atoms with Crippen molar-refractivity contribution in [1.29, 1.82) is 0 Å². The number of hydrogen-bond donors (Lipinski definition) is 1. The van der Waals surface area contributed by atoms with E-state index in [0.717, 1.165) is 37.6 Å². The average Bonchev–Trinajstić information content (AvgIpc) is 3.41. The first-order chi connectivity index (χ1) is 19.0. The third-order valence-electron chi connectivity index (χ3n) is 8.31. The molecule has 3 aromatic carbocycles. The van der Waals surface area contributed by atoms with Crippen molar-refractivity contribution in [2.24, 2.45) is 5.92 Å². The first-order valence-corrected chi connectivity index (χ1v) is 13.7. The Morgan fingerprint density at radius 1 is 1.00 bits per heavy atom. The third kappa shape index (κ3) is 3.26. The Bertz CT molecular complexity index is 1970. The van der Waals surface area contributed by atoms with Gasteiger partial charge in [-0.1, -0.05) is 68.5 Å². The fourth-order valence-electron chi connectivity index (χ4n) is 6.41. The average molecular weight is 558 g/mol. The van der Waals surface area contributed by atoms with Crippen LogP contribution in [0.3, 0.4) is 0 Å². The summed E-state index contributed by atoms with van der Waals surface area (Å²) in [4.78, 5) is 27.7. The van der Waals surface area contributed by atoms with Crippen molar-refractivity contribution >= 4 is 50.6 Å². The molecule has 4 nitrogen and oxygen atoms in total. The van der Waals surface area contributed by atoms with Crippen molar-refractivity contribution in [3.05, 3.63) is 98.9 Å². The molecule has 1 atom stereocenters. The van der Waals surface area contributed by atoms with E-state index in [2.05, 4.69) is 13.8 Å². The molecule has 0 saturated heterocycles. The van der Waals surface area contributed by atoms with Crippen molar-refractivity contribution < 1.29 is 27.9 Å². The lowest BCUT2D eigenvalue weighted by atomic mass is 9.82. The van der Waals surface area contributed by atoms with Gasteiger partial charge in [-0.05, 0) is 52.1 Å². The van der Waals surface area contributed by atoms with Gasteiger partial charge in [0.15, 0.2) is 0 Å². The number of fused-ring (bicyclic) bond motifs is 7. The van der Waals surface area contributed by atoms with Crippen LogP contribution in [-0.4, -0.2) is 23.0 Å². The van der Waals surface area contributed by atoms with Crippen LogP contribution in [0.2, 0.25) is 0 Å². The Balaban J connectivity index is 1.53. The molecule has 0 radical (unpaired) electrons. The van der Waals surface area contributed by atoms with Gasteiger partial charge in [-0.3, -0.25) is 14.5 Å². The van der Waals surface area contributed by atoms with Crippen LogP contribution in [0.25, 0.3) is 33.0 Å². The Morgan fingerprint density at radius 2 is 1.70 bits per heavy atom. The summed E-state index contributed by atoms with van der Waals surface area (Å²) in [7, 11) is 0. The normalized spacial score (nSPS) is 19.2. The molecule has 8 heteroatoms. The molecule has 2 aliphatic carbocycles. The van der Waals surface area contributed by atoms with Crippen molar-refractivity contribution in [2.75, 3.05) is 4.90 Å². The lowest BCUT2D eigenvalue weighted by molar-refractivity contribution is -0.167. The summed E-state index contributed by atoms with van der Waals surface area (Å²) >= 11 is 1.42. The minimum absolute atomic E-state index is 0.148. The topological polar surface area (TPSA) is 57.6 Å². The molecule has 3 aliphatic rings. The molecule has 1 unspecified atom stereocenters. The molecule has 1 aromatic heterocycles. The number of anilines is 1. The number of aliphatic hydroxyl groups excluding tert-OH is 1. The molecule has 0 spiro atoms. The van der Waals surface area contributed by atoms with E-state index >= 15 is 0 Å². The monoisotopic (exact) mass is 557 g/mol. The van der Waals surface area contributed by atoms with E-state index < -0.39 is 40.5 Å². The summed E-state index contributed by atoms with van der Waals surface area (Å²) in [5.74, 6) is -5.32. The molecule has 1 aliphatic heterocycles. The van der Waals surface area contributed by atoms with Gasteiger partial charge in [0.05, 0.1) is 16.1 Å². The minimum atomic E-state index is -5.31. The molecule has 4 aromatic rings. The number of Topliss-reactive ketones (excluding diaryl/α,β-unsaturated/α-hetero) is 1. The SMILES string of the molecule is CC1(C)c2ccccc2-c2ccc(N3C(=O)C(C(=O)C(F)(F)F)=C(O)C4CC=c5c(sc6ccccc56)=C43)cc21. The van der Waals surface area contributed by atoms with Crippen LogP contribution in [0.4, 0.5) is 18.9 Å². The second-order valence-corrected chi connectivity index (χ2v) is 11.9. The fraction of sp³-hybridized carbons (Fsp3) is 0.188. The van der Waals surface area contributed by atoms with Crippen molar-refractivity contribution in [3.8, 4) is 11.1 Å². The standard InChI is InChI=1S/C32H22F3NO3S/c1-31(2)22-9-5-3-7-17(22)18-12-11-16(15-23(18)31)36-26-21(27(37)25(30(36)39)29(38)32(33,34)35)14-13-20-19-8-4-6-10-24(19)40-28(20)26/h3-13,15,21,37H,14H2,1-2H3. The maximum atomic E-state index is 13.9. The highest BCUT2D eigenvalue weighted by atomic mass is 32.1. The van der Waals surface area contributed by atoms with E-state index in [-0.39, 0.29) is 6.42 Å². The Labute approximate surface area is 231 Å². The molecule has 40 heavy (non-hydrogen) atoms. The summed E-state index contributed by atoms with van der Waals surface area (Å²) in [5, 5.41) is 12.9. The van der Waals surface area contributed by atoms with Gasteiger partial charge in [0.25, 0.3) is 11.7 Å². The number of carbonyl (C=O) groups excluding carboxylic acids is 2. The predicted octanol–water partition coefficient (Wildman–Crippen LogP) is 6.11. The highest BCUT2D eigenvalue weighted by Crippen LogP contribution is 2.50. The van der Waals surface area contributed by atoms with E-state index in [1.165, 1.54) is 16.2 Å². The highest BCUT2D eigenvalue weighted by Gasteiger charge is 2.51. The zero-order valence-corrected chi connectivity index (χ0v) is 22.3. The first kappa shape index (κ1) is 24.8. The molecule has 0 saturated carbocycles. The number of nitrogens with zero attached hydrogens (tertiary/aromatic N) is 1. The Kier molecular flexibility index (Phi) is 5.08. The third-order valence-corrected chi connectivity index (χ3v) is 9.52. The number of hydrogen-bond acceptors (Lipinski definition) is 4. The molecule has 7 rings (SSSR count). The number of alkyl halides is 3. The van der Waals surface area contributed by atoms with E-state index in [1.54, 1.807) is 6.07 Å². The molecular weight excluding hydrogens is 535 g/mol. The molecule has 200 valence electrons. The predicted molar refractivity (Wildman–Crippen MR) is 149 cm³/mol. The maximum Gasteiger partial charge on any atom is 0.455 e. The Hall–Kier alpha value is -4.17. The maximum absolute atomic E-state index is 13.9. The van der Waals surface area contributed by atoms with Gasteiger partial charge in [0, 0.05) is 21.2 Å². The number of halogens is 3. The number of thiophene rings is 1. The summed E-state index contributed by atoms with van der Waals surface area (Å²) in [6.07, 6.45) is -3.30. The second kappa shape index (κ2) is 8.17. The van der Waals surface area contributed by atoms with E-state index in [1.807, 2.05) is 66.7 Å². The number of rotatable bonds is 2. The first-order valence-electron chi connectivity index (χ1n) is 12.9. The van der Waals surface area contributed by atoms with Crippen LogP contribution in [-0.2, 0) is 15.0 Å². The largest absolute Gasteiger partial charge is 0.511 e. The van der Waals surface area contributed by atoms with Gasteiger partial charge >= 0.3 is 6.18 Å². The summed E-state index contributed by atoms with van der Waals surface area (Å²) < 4.78 is 42.7. The zero-order chi connectivity index (χ0) is 28.1. The van der Waals surface area contributed by atoms with Crippen LogP contribution < -0.4 is 14.7 Å². The lowest BCUT2D eigenvalue weighted by Crippen LogP contribution is -2.48. The van der Waals surface area contributed by atoms with Crippen molar-refractivity contribution in [2.45, 2.75) is 31.9 Å². The summed E-state index contributed by atoms with van der Waals surface area (Å²) in [6, 6.07) is 21.1. The van der Waals surface area contributed by atoms with Gasteiger partial charge in [-0.15, -0.1) is 11.3 Å². The van der Waals surface area contributed by atoms with Crippen LogP contribution in [0.15, 0.2) is 78.1 Å². The number of carbonyl (C=O) groups is 2. The van der Waals surface area contributed by atoms with Gasteiger partial charge < -0.3 is 5.11 Å². The molecule has 2 heterocycles. The number of benzene rings is 3. The van der Waals surface area contributed by atoms with Crippen LogP contribution in [0.5, 0.6) is 0 Å². The quantitative estimate of drug-likeness (QED) is 0.303. The van der Waals surface area contributed by atoms with Crippen molar-refractivity contribution in [3.63, 3.8) is 0 Å². The van der Waals surface area contributed by atoms with Crippen LogP contribution >= 0.6 is 11.3 Å². The highest BCUT2D eigenvalue weighted by molar-refractivity contribution is 7.17. The smallest absolute Gasteiger partial charge is 0.455 e. The lowest BCUT2D eigenvalue weighted by Gasteiger charge is -2.37. The molecule has 0 bridgehead atoms. The zero-order valence-electron chi connectivity index (χ0n) is 21.5. The van der Waals surface area contributed by atoms with Crippen LogP contribution in [0, 0.1) is 5.92 Å². The van der Waals surface area contributed by atoms with E-state index in [9.17, 15) is 27.9 Å². The molecular formula is C32H22F3NO3S. The van der Waals surface area contributed by atoms with Gasteiger partial charge in [0.1, 0.15) is 11.3 Å². The van der Waals surface area contributed by atoms with Gasteiger partial charge in [-0.2, -0.15) is 13.2 Å². The number of amides is 1. The summed E-state index contributed by atoms with van der Waals surface area (Å²) in [5.41, 5.74) is 3.20. The molecule has 1 N–H and O–H groups in total. The summed E-state index contributed by atoms with van der Waals surface area (Å²) in [6.45, 7) is 4.14.